The standard InChI is InChI=1S/C14H15N2P/c1-12-6-5-8-14(10-12)16(17-2)11-13-7-3-4-9-15-13/h3-10H,2,11H2,1H3/p+1. The first-order valence-corrected chi connectivity index (χ1v) is 6.72. The van der Waals surface area contributed by atoms with Crippen molar-refractivity contribution in [1.82, 2.24) is 4.98 Å². The van der Waals surface area contributed by atoms with E-state index in [1.165, 1.54) is 11.3 Å². The van der Waals surface area contributed by atoms with E-state index in [-0.39, 0.29) is 0 Å². The molecule has 2 aromatic rings. The van der Waals surface area contributed by atoms with Crippen molar-refractivity contribution in [1.29, 1.82) is 0 Å². The summed E-state index contributed by atoms with van der Waals surface area (Å²) in [4.78, 5) is 4.35. The van der Waals surface area contributed by atoms with E-state index in [9.17, 15) is 0 Å². The smallest absolute Gasteiger partial charge is 0.188 e. The van der Waals surface area contributed by atoms with E-state index in [0.717, 1.165) is 12.2 Å². The third-order valence-electron chi connectivity index (χ3n) is 2.55. The molecular weight excluding hydrogens is 227 g/mol. The molecule has 3 heteroatoms. The quantitative estimate of drug-likeness (QED) is 0.765. The summed E-state index contributed by atoms with van der Waals surface area (Å²) >= 11 is 0. The molecule has 1 aromatic carbocycles. The van der Waals surface area contributed by atoms with E-state index >= 15 is 0 Å². The van der Waals surface area contributed by atoms with Crippen molar-refractivity contribution in [3.63, 3.8) is 0 Å². The summed E-state index contributed by atoms with van der Waals surface area (Å²) in [6.45, 7) is 2.92. The van der Waals surface area contributed by atoms with Crippen molar-refractivity contribution in [3.8, 4) is 0 Å². The Balaban J connectivity index is 2.20. The zero-order valence-electron chi connectivity index (χ0n) is 9.93. The molecule has 17 heavy (non-hydrogen) atoms. The molecule has 0 aliphatic heterocycles. The second-order valence-electron chi connectivity index (χ2n) is 3.90. The molecule has 0 aliphatic carbocycles. The summed E-state index contributed by atoms with van der Waals surface area (Å²) in [5.41, 5.74) is 3.56. The molecule has 0 fully saturated rings. The Morgan fingerprint density at radius 2 is 2.12 bits per heavy atom. The average molecular weight is 243 g/mol. The van der Waals surface area contributed by atoms with E-state index in [1.54, 1.807) is 0 Å². The van der Waals surface area contributed by atoms with Crippen LogP contribution in [0.15, 0.2) is 48.7 Å². The largest absolute Gasteiger partial charge is 0.259 e. The third-order valence-corrected chi connectivity index (χ3v) is 3.35. The highest BCUT2D eigenvalue weighted by Crippen LogP contribution is 2.23. The number of hydrogen-bond acceptors (Lipinski definition) is 2. The van der Waals surface area contributed by atoms with Crippen LogP contribution in [0, 0.1) is 6.92 Å². The fourth-order valence-electron chi connectivity index (χ4n) is 1.69. The molecule has 86 valence electrons. The lowest BCUT2D eigenvalue weighted by molar-refractivity contribution is 0.983. The fraction of sp³-hybridized carbons (Fsp3) is 0.143. The van der Waals surface area contributed by atoms with Crippen molar-refractivity contribution in [2.75, 3.05) is 4.67 Å². The van der Waals surface area contributed by atoms with Gasteiger partial charge in [-0.2, -0.15) is 4.67 Å². The van der Waals surface area contributed by atoms with Gasteiger partial charge in [-0.05, 0) is 36.8 Å². The highest BCUT2D eigenvalue weighted by Gasteiger charge is 2.10. The number of rotatable bonds is 4. The molecular formula is C14H16N2P+. The Hall–Kier alpha value is -1.66. The summed E-state index contributed by atoms with van der Waals surface area (Å²) < 4.78 is 2.25. The van der Waals surface area contributed by atoms with Crippen LogP contribution >= 0.6 is 8.35 Å². The van der Waals surface area contributed by atoms with Crippen LogP contribution in [0.25, 0.3) is 0 Å². The Morgan fingerprint density at radius 1 is 1.24 bits per heavy atom. The molecule has 2 rings (SSSR count). The van der Waals surface area contributed by atoms with Gasteiger partial charge in [0.05, 0.1) is 17.7 Å². The average Bonchev–Trinajstić information content (AvgIpc) is 2.37. The zero-order chi connectivity index (χ0) is 12.1. The summed E-state index contributed by atoms with van der Waals surface area (Å²) in [5, 5.41) is 0. The number of pyridine rings is 1. The van der Waals surface area contributed by atoms with Gasteiger partial charge in [-0.1, -0.05) is 18.2 Å². The lowest BCUT2D eigenvalue weighted by atomic mass is 10.2. The van der Waals surface area contributed by atoms with Gasteiger partial charge >= 0.3 is 0 Å². The van der Waals surface area contributed by atoms with Gasteiger partial charge < -0.3 is 0 Å². The maximum atomic E-state index is 4.35. The molecule has 1 atom stereocenters. The fourth-order valence-corrected chi connectivity index (χ4v) is 2.28. The molecule has 0 radical (unpaired) electrons. The van der Waals surface area contributed by atoms with Gasteiger partial charge in [-0.3, -0.25) is 4.98 Å². The summed E-state index contributed by atoms with van der Waals surface area (Å²) in [5.74, 6) is 0. The number of aryl methyl sites for hydroxylation is 1. The van der Waals surface area contributed by atoms with E-state index in [1.807, 2.05) is 24.4 Å². The normalized spacial score (nSPS) is 10.4. The molecule has 0 amide bonds. The Labute approximate surface area is 104 Å². The molecule has 0 spiro atoms. The van der Waals surface area contributed by atoms with Gasteiger partial charge in [0, 0.05) is 6.20 Å². The summed E-state index contributed by atoms with van der Waals surface area (Å²) in [7, 11) is 0.492. The minimum absolute atomic E-state index is 0.492. The van der Waals surface area contributed by atoms with Crippen LogP contribution in [0.5, 0.6) is 0 Å². The summed E-state index contributed by atoms with van der Waals surface area (Å²) in [6.07, 6.45) is 5.84. The molecule has 0 saturated carbocycles. The first-order chi connectivity index (χ1) is 8.29. The van der Waals surface area contributed by atoms with Crippen LogP contribution < -0.4 is 4.67 Å². The highest BCUT2D eigenvalue weighted by molar-refractivity contribution is 7.38. The van der Waals surface area contributed by atoms with Crippen molar-refractivity contribution < 1.29 is 0 Å². The molecule has 0 saturated heterocycles. The van der Waals surface area contributed by atoms with Gasteiger partial charge in [0.2, 0.25) is 0 Å². The predicted molar refractivity (Wildman–Crippen MR) is 77.0 cm³/mol. The maximum Gasteiger partial charge on any atom is 0.188 e. The summed E-state index contributed by atoms with van der Waals surface area (Å²) in [6, 6.07) is 14.5. The highest BCUT2D eigenvalue weighted by atomic mass is 31.1. The van der Waals surface area contributed by atoms with Crippen LogP contribution in [0.3, 0.4) is 0 Å². The predicted octanol–water partition coefficient (Wildman–Crippen LogP) is 3.42. The lowest BCUT2D eigenvalue weighted by Gasteiger charge is -2.12. The van der Waals surface area contributed by atoms with E-state index < -0.39 is 0 Å². The number of hydrogen-bond donors (Lipinski definition) is 0. The van der Waals surface area contributed by atoms with Crippen LogP contribution in [0.1, 0.15) is 11.3 Å². The van der Waals surface area contributed by atoms with Gasteiger partial charge in [-0.25, -0.2) is 0 Å². The molecule has 0 bridgehead atoms. The SMILES string of the molecule is C=[PH+]N(Cc1ccccn1)c1cccc(C)c1. The maximum absolute atomic E-state index is 4.35. The van der Waals surface area contributed by atoms with Crippen LogP contribution in [-0.2, 0) is 6.54 Å². The van der Waals surface area contributed by atoms with E-state index in [0.29, 0.717) is 8.35 Å². The monoisotopic (exact) mass is 243 g/mol. The van der Waals surface area contributed by atoms with Gasteiger partial charge in [0.1, 0.15) is 6.54 Å². The first kappa shape index (κ1) is 11.8. The van der Waals surface area contributed by atoms with Crippen LogP contribution in [0.4, 0.5) is 5.69 Å². The molecule has 1 heterocycles. The van der Waals surface area contributed by atoms with E-state index in [4.69, 9.17) is 0 Å². The Bertz CT molecular complexity index is 497. The molecule has 1 aromatic heterocycles. The van der Waals surface area contributed by atoms with Crippen molar-refractivity contribution >= 4 is 20.3 Å². The number of benzene rings is 1. The van der Waals surface area contributed by atoms with Crippen molar-refractivity contribution in [2.45, 2.75) is 13.5 Å². The van der Waals surface area contributed by atoms with Crippen molar-refractivity contribution in [3.05, 3.63) is 59.9 Å². The molecule has 0 N–H and O–H groups in total. The minimum atomic E-state index is 0.492. The second kappa shape index (κ2) is 5.60. The van der Waals surface area contributed by atoms with Gasteiger partial charge in [-0.15, -0.1) is 0 Å². The topological polar surface area (TPSA) is 16.1 Å². The number of nitrogens with zero attached hydrogens (tertiary/aromatic N) is 2. The molecule has 2 nitrogen and oxygen atoms in total. The third kappa shape index (κ3) is 3.15. The number of anilines is 1. The Kier molecular flexibility index (Phi) is 3.89. The van der Waals surface area contributed by atoms with Crippen LogP contribution in [0.2, 0.25) is 0 Å². The van der Waals surface area contributed by atoms with Crippen LogP contribution in [-0.4, -0.2) is 11.3 Å². The van der Waals surface area contributed by atoms with Crippen molar-refractivity contribution in [2.24, 2.45) is 0 Å². The minimum Gasteiger partial charge on any atom is -0.259 e. The first-order valence-electron chi connectivity index (χ1n) is 5.56. The van der Waals surface area contributed by atoms with E-state index in [2.05, 4.69) is 47.1 Å². The molecule has 1 unspecified atom stereocenters. The zero-order valence-corrected chi connectivity index (χ0v) is 10.9. The number of aromatic nitrogens is 1. The Morgan fingerprint density at radius 3 is 2.76 bits per heavy atom. The van der Waals surface area contributed by atoms with Gasteiger partial charge in [0.15, 0.2) is 8.35 Å². The lowest BCUT2D eigenvalue weighted by Crippen LogP contribution is -2.11. The van der Waals surface area contributed by atoms with Gasteiger partial charge in [0.25, 0.3) is 0 Å². The second-order valence-corrected chi connectivity index (χ2v) is 4.76. The molecule has 0 aliphatic rings.